The first-order valence-electron chi connectivity index (χ1n) is 24.7. The van der Waals surface area contributed by atoms with Gasteiger partial charge in [0.15, 0.2) is 24.1 Å². The SMILES string of the molecule is Cc1cc2[n+]3cc1-c1ccccc1/C1=C/C34C3=CC56C(=C4c4ccccc4-2)C5(/C2=C\[C@@]4(C)C1c1ccccc1-c1ccc(c[n+]14)-c1ccccc12)c1ccccc1-c1ccc(c[n+]16)-c1ccccc13. The van der Waals surface area contributed by atoms with E-state index in [4.69, 9.17) is 0 Å². The zero-order valence-electron chi connectivity index (χ0n) is 38.1. The number of nitrogens with zero attached hydrogens (tertiary/aromatic N) is 3. The summed E-state index contributed by atoms with van der Waals surface area (Å²) in [6, 6.07) is 68.4. The molecule has 9 aromatic rings. The Morgan fingerprint density at radius 2 is 1.00 bits per heavy atom. The summed E-state index contributed by atoms with van der Waals surface area (Å²) in [5.41, 5.74) is 28.9. The highest BCUT2D eigenvalue weighted by molar-refractivity contribution is 6.12. The highest BCUT2D eigenvalue weighted by Gasteiger charge is 2.89. The molecule has 3 spiro atoms. The van der Waals surface area contributed by atoms with Crippen molar-refractivity contribution in [3.63, 3.8) is 0 Å². The third-order valence-corrected chi connectivity index (χ3v) is 18.4. The first-order chi connectivity index (χ1) is 34.0. The van der Waals surface area contributed by atoms with E-state index in [9.17, 15) is 0 Å². The zero-order chi connectivity index (χ0) is 44.9. The van der Waals surface area contributed by atoms with Crippen LogP contribution in [0.3, 0.4) is 0 Å². The predicted octanol–water partition coefficient (Wildman–Crippen LogP) is 12.7. The van der Waals surface area contributed by atoms with Gasteiger partial charge in [0.2, 0.25) is 28.2 Å². The third kappa shape index (κ3) is 3.64. The maximum absolute atomic E-state index is 2.82. The van der Waals surface area contributed by atoms with Crippen LogP contribution in [0.4, 0.5) is 0 Å². The molecule has 0 radical (unpaired) electrons. The molecule has 3 aliphatic carbocycles. The van der Waals surface area contributed by atoms with Crippen molar-refractivity contribution < 1.29 is 13.7 Å². The molecule has 1 fully saturated rings. The second kappa shape index (κ2) is 11.3. The van der Waals surface area contributed by atoms with Gasteiger partial charge in [0.25, 0.3) is 0 Å². The van der Waals surface area contributed by atoms with Crippen molar-refractivity contribution in [3.8, 4) is 67.2 Å². The van der Waals surface area contributed by atoms with Crippen molar-refractivity contribution in [1.82, 2.24) is 0 Å². The molecule has 6 aliphatic heterocycles. The highest BCUT2D eigenvalue weighted by atomic mass is 15.2. The van der Waals surface area contributed by atoms with Crippen LogP contribution >= 0.6 is 0 Å². The molecule has 0 saturated heterocycles. The van der Waals surface area contributed by atoms with Gasteiger partial charge in [-0.15, -0.1) is 0 Å². The Kier molecular flexibility index (Phi) is 5.90. The molecule has 6 aromatic carbocycles. The van der Waals surface area contributed by atoms with Gasteiger partial charge in [0, 0.05) is 70.7 Å². The van der Waals surface area contributed by atoms with Crippen molar-refractivity contribution in [3.05, 3.63) is 257 Å². The van der Waals surface area contributed by atoms with Crippen LogP contribution in [0.5, 0.6) is 0 Å². The van der Waals surface area contributed by atoms with E-state index in [1.807, 2.05) is 0 Å². The first kappa shape index (κ1) is 35.9. The van der Waals surface area contributed by atoms with Gasteiger partial charge in [0.1, 0.15) is 5.41 Å². The number of pyridine rings is 3. The van der Waals surface area contributed by atoms with E-state index in [0.29, 0.717) is 0 Å². The molecule has 9 aliphatic rings. The molecule has 5 atom stereocenters. The highest BCUT2D eigenvalue weighted by Crippen LogP contribution is 2.81. The molecule has 3 nitrogen and oxygen atoms in total. The van der Waals surface area contributed by atoms with Crippen LogP contribution in [-0.2, 0) is 22.0 Å². The summed E-state index contributed by atoms with van der Waals surface area (Å²) in [7, 11) is 0. The molecule has 69 heavy (non-hydrogen) atoms. The number of aromatic nitrogens is 3. The van der Waals surface area contributed by atoms with Crippen LogP contribution in [0.1, 0.15) is 51.8 Å². The summed E-state index contributed by atoms with van der Waals surface area (Å²) in [6.45, 7) is 4.91. The molecular formula is C66H42N3+3. The number of aryl methyl sites for hydroxylation is 1. The van der Waals surface area contributed by atoms with Gasteiger partial charge in [-0.05, 0) is 110 Å². The third-order valence-electron chi connectivity index (χ3n) is 18.4. The summed E-state index contributed by atoms with van der Waals surface area (Å²) in [5, 5.41) is 0. The van der Waals surface area contributed by atoms with Crippen molar-refractivity contribution >= 4 is 22.3 Å². The van der Waals surface area contributed by atoms with E-state index in [1.54, 1.807) is 0 Å². The van der Waals surface area contributed by atoms with Crippen molar-refractivity contribution in [2.24, 2.45) is 0 Å². The lowest BCUT2D eigenvalue weighted by atomic mass is 9.61. The largest absolute Gasteiger partial charge is 0.239 e. The molecule has 3 heteroatoms. The minimum Gasteiger partial charge on any atom is -0.188 e. The quantitative estimate of drug-likeness (QED) is 0.135. The Hall–Kier alpha value is -8.27. The van der Waals surface area contributed by atoms with E-state index in [2.05, 4.69) is 240 Å². The maximum atomic E-state index is 2.82. The van der Waals surface area contributed by atoms with Crippen LogP contribution in [-0.4, -0.2) is 0 Å². The summed E-state index contributed by atoms with van der Waals surface area (Å²) in [4.78, 5) is 0. The van der Waals surface area contributed by atoms with Gasteiger partial charge >= 0.3 is 0 Å². The van der Waals surface area contributed by atoms with E-state index in [-0.39, 0.29) is 5.92 Å². The lowest BCUT2D eigenvalue weighted by Crippen LogP contribution is -2.63. The lowest BCUT2D eigenvalue weighted by Gasteiger charge is -2.44. The van der Waals surface area contributed by atoms with Crippen molar-refractivity contribution in [2.45, 2.75) is 41.8 Å². The fourth-order valence-electron chi connectivity index (χ4n) is 15.9. The number of hydrogen-bond donors (Lipinski definition) is 0. The molecule has 1 saturated carbocycles. The van der Waals surface area contributed by atoms with Gasteiger partial charge in [-0.1, -0.05) is 127 Å². The number of fused-ring (bicyclic) bond motifs is 20. The molecule has 4 unspecified atom stereocenters. The molecule has 0 N–H and O–H groups in total. The average molecular weight is 877 g/mol. The summed E-state index contributed by atoms with van der Waals surface area (Å²) < 4.78 is 8.20. The van der Waals surface area contributed by atoms with Crippen LogP contribution in [0.25, 0.3) is 89.4 Å². The first-order valence-corrected chi connectivity index (χ1v) is 24.7. The number of benzene rings is 6. The molecular weight excluding hydrogens is 835 g/mol. The fourth-order valence-corrected chi connectivity index (χ4v) is 15.9. The molecule has 18 rings (SSSR count). The van der Waals surface area contributed by atoms with E-state index in [0.717, 1.165) is 0 Å². The molecule has 318 valence electrons. The van der Waals surface area contributed by atoms with E-state index >= 15 is 0 Å². The Balaban J connectivity index is 1.19. The summed E-state index contributed by atoms with van der Waals surface area (Å²) in [5.74, 6) is -0.0968. The molecule has 0 amide bonds. The second-order valence-electron chi connectivity index (χ2n) is 21.2. The predicted molar refractivity (Wildman–Crippen MR) is 272 cm³/mol. The smallest absolute Gasteiger partial charge is 0.188 e. The average Bonchev–Trinajstić information content (AvgIpc) is 4.03. The monoisotopic (exact) mass is 876 g/mol. The topological polar surface area (TPSA) is 11.6 Å². The van der Waals surface area contributed by atoms with Gasteiger partial charge in [-0.25, -0.2) is 0 Å². The minimum atomic E-state index is -0.781. The van der Waals surface area contributed by atoms with Crippen LogP contribution in [0.2, 0.25) is 0 Å². The van der Waals surface area contributed by atoms with Crippen molar-refractivity contribution in [2.75, 3.05) is 0 Å². The molecule has 3 aromatic heterocycles. The van der Waals surface area contributed by atoms with E-state index < -0.39 is 22.0 Å². The standard InChI is InChI=1S/C66H42N3/c1-38-31-59-48-22-10-12-24-50(48)61-62-65-34-55-45-19-7-3-15-41(45)40-28-30-58(69(65)36-40)51-25-13-14-26-54(51)66(62,65)56-33-63(2)60(52-32-64(55,61)68(59)37-53(38)44-18-6-5-17-43(44)52)49-23-11-9-21-47(49)57-29-27-39(35-67(57)63)42-16-4-8-20-46(42)56/h3-37,60H,1-2H3/q+3/b52-32-,56-33-/t60?,63-,64?,65?,66?/m0/s1. The Bertz CT molecular complexity index is 4200. The van der Waals surface area contributed by atoms with Crippen molar-refractivity contribution in [1.29, 1.82) is 0 Å². The van der Waals surface area contributed by atoms with Crippen LogP contribution in [0, 0.1) is 6.92 Å². The Morgan fingerprint density at radius 3 is 1.75 bits per heavy atom. The normalized spacial score (nSPS) is 27.0. The van der Waals surface area contributed by atoms with Gasteiger partial charge in [-0.2, -0.15) is 13.7 Å². The van der Waals surface area contributed by atoms with Gasteiger partial charge in [0.05, 0.1) is 22.6 Å². The maximum Gasteiger partial charge on any atom is 0.239 e. The minimum absolute atomic E-state index is 0.0968. The Morgan fingerprint density at radius 1 is 0.420 bits per heavy atom. The lowest BCUT2D eigenvalue weighted by molar-refractivity contribution is -0.742. The number of hydrogen-bond acceptors (Lipinski definition) is 0. The van der Waals surface area contributed by atoms with Crippen LogP contribution in [0.15, 0.2) is 218 Å². The van der Waals surface area contributed by atoms with Gasteiger partial charge in [-0.3, -0.25) is 0 Å². The molecule has 9 heterocycles. The second-order valence-corrected chi connectivity index (χ2v) is 21.2. The molecule has 13 bridgehead atoms. The number of rotatable bonds is 0. The zero-order valence-corrected chi connectivity index (χ0v) is 38.1. The van der Waals surface area contributed by atoms with Gasteiger partial charge < -0.3 is 0 Å². The summed E-state index contributed by atoms with van der Waals surface area (Å²) in [6.07, 6.45) is 16.0. The van der Waals surface area contributed by atoms with E-state index in [1.165, 1.54) is 134 Å². The summed E-state index contributed by atoms with van der Waals surface area (Å²) >= 11 is 0. The fraction of sp³-hybridized carbons (Fsp3) is 0.106. The Labute approximate surface area is 400 Å². The number of allylic oxidation sites excluding steroid dienone is 8. The van der Waals surface area contributed by atoms with Crippen LogP contribution < -0.4 is 13.7 Å².